The maximum absolute atomic E-state index is 12.6. The summed E-state index contributed by atoms with van der Waals surface area (Å²) in [5.74, 6) is 1.41. The molecule has 0 aromatic heterocycles. The van der Waals surface area contributed by atoms with Crippen LogP contribution in [0.2, 0.25) is 0 Å². The predicted molar refractivity (Wildman–Crippen MR) is 74.4 cm³/mol. The van der Waals surface area contributed by atoms with E-state index in [1.807, 2.05) is 24.3 Å². The Bertz CT molecular complexity index is 492. The molecular formula is C16H21NO2. The van der Waals surface area contributed by atoms with Gasteiger partial charge in [0.15, 0.2) is 0 Å². The molecule has 3 heteroatoms. The molecule has 1 aromatic rings. The third-order valence-electron chi connectivity index (χ3n) is 4.72. The van der Waals surface area contributed by atoms with Crippen LogP contribution in [0.4, 0.5) is 0 Å². The average Bonchev–Trinajstić information content (AvgIpc) is 2.40. The maximum Gasteiger partial charge on any atom is 0.146 e. The summed E-state index contributed by atoms with van der Waals surface area (Å²) in [7, 11) is 1.66. The molecule has 3 atom stereocenters. The van der Waals surface area contributed by atoms with E-state index in [0.29, 0.717) is 5.78 Å². The van der Waals surface area contributed by atoms with Gasteiger partial charge in [-0.3, -0.25) is 4.79 Å². The number of carbonyl (C=O) groups is 1. The van der Waals surface area contributed by atoms with E-state index in [4.69, 9.17) is 4.74 Å². The lowest BCUT2D eigenvalue weighted by Crippen LogP contribution is -2.62. The number of benzene rings is 1. The van der Waals surface area contributed by atoms with Crippen LogP contribution < -0.4 is 10.1 Å². The quantitative estimate of drug-likeness (QED) is 0.886. The Hall–Kier alpha value is -1.35. The van der Waals surface area contributed by atoms with Crippen LogP contribution in [0.3, 0.4) is 0 Å². The van der Waals surface area contributed by atoms with E-state index in [2.05, 4.69) is 19.2 Å². The Morgan fingerprint density at radius 2 is 1.95 bits per heavy atom. The van der Waals surface area contributed by atoms with Gasteiger partial charge in [0.2, 0.25) is 0 Å². The van der Waals surface area contributed by atoms with Gasteiger partial charge >= 0.3 is 0 Å². The Kier molecular flexibility index (Phi) is 2.90. The van der Waals surface area contributed by atoms with Crippen LogP contribution in [-0.4, -0.2) is 25.5 Å². The zero-order valence-electron chi connectivity index (χ0n) is 11.8. The molecule has 3 nitrogen and oxygen atoms in total. The van der Waals surface area contributed by atoms with Crippen molar-refractivity contribution in [3.63, 3.8) is 0 Å². The number of ketones is 1. The lowest BCUT2D eigenvalue weighted by Gasteiger charge is -2.52. The first-order chi connectivity index (χ1) is 9.03. The van der Waals surface area contributed by atoms with E-state index in [1.165, 1.54) is 0 Å². The second kappa shape index (κ2) is 4.34. The first kappa shape index (κ1) is 12.7. The summed E-state index contributed by atoms with van der Waals surface area (Å²) in [5, 5.41) is 3.56. The highest BCUT2D eigenvalue weighted by Crippen LogP contribution is 2.47. The third-order valence-corrected chi connectivity index (χ3v) is 4.72. The Labute approximate surface area is 114 Å². The van der Waals surface area contributed by atoms with Crippen molar-refractivity contribution in [1.82, 2.24) is 5.32 Å². The Morgan fingerprint density at radius 1 is 1.26 bits per heavy atom. The zero-order chi connectivity index (χ0) is 13.6. The second-order valence-electron chi connectivity index (χ2n) is 6.43. The fraction of sp³-hybridized carbons (Fsp3) is 0.562. The number of Topliss-reactive ketones (excluding diaryl/α,β-unsaturated/α-hetero) is 1. The first-order valence-electron chi connectivity index (χ1n) is 6.94. The van der Waals surface area contributed by atoms with Crippen LogP contribution in [0.25, 0.3) is 0 Å². The largest absolute Gasteiger partial charge is 0.497 e. The second-order valence-corrected chi connectivity index (χ2v) is 6.43. The summed E-state index contributed by atoms with van der Waals surface area (Å²) in [4.78, 5) is 12.6. The molecule has 0 radical (unpaired) electrons. The van der Waals surface area contributed by atoms with Crippen molar-refractivity contribution >= 4 is 5.78 Å². The minimum atomic E-state index is -0.00611. The van der Waals surface area contributed by atoms with Crippen molar-refractivity contribution in [2.24, 2.45) is 11.3 Å². The number of hydrogen-bond donors (Lipinski definition) is 1. The van der Waals surface area contributed by atoms with Crippen LogP contribution in [-0.2, 0) is 4.79 Å². The number of ether oxygens (including phenoxy) is 1. The predicted octanol–water partition coefficient (Wildman–Crippen LogP) is 2.37. The van der Waals surface area contributed by atoms with E-state index in [0.717, 1.165) is 24.3 Å². The number of methoxy groups -OCH3 is 1. The summed E-state index contributed by atoms with van der Waals surface area (Å²) >= 11 is 0. The molecular weight excluding hydrogens is 238 g/mol. The van der Waals surface area contributed by atoms with Gasteiger partial charge in [-0.05, 0) is 29.5 Å². The van der Waals surface area contributed by atoms with Gasteiger partial charge < -0.3 is 10.1 Å². The molecule has 1 aliphatic carbocycles. The molecule has 2 aliphatic heterocycles. The molecule has 3 fully saturated rings. The lowest BCUT2D eigenvalue weighted by molar-refractivity contribution is -0.134. The standard InChI is InChI=1S/C16H21NO2/c1-16(2)8-11-9-17-15(16)13(14(11)18)10-4-6-12(19-3)7-5-10/h4-7,11,13,15,17H,8-9H2,1-3H3/t11-,13?,15+/m0/s1. The van der Waals surface area contributed by atoms with Crippen LogP contribution in [0.15, 0.2) is 24.3 Å². The van der Waals surface area contributed by atoms with Crippen LogP contribution >= 0.6 is 0 Å². The number of fused-ring (bicyclic) bond motifs is 3. The van der Waals surface area contributed by atoms with Crippen molar-refractivity contribution in [1.29, 1.82) is 0 Å². The van der Waals surface area contributed by atoms with E-state index >= 15 is 0 Å². The van der Waals surface area contributed by atoms with Crippen molar-refractivity contribution in [2.45, 2.75) is 32.2 Å². The van der Waals surface area contributed by atoms with Gasteiger partial charge in [0.1, 0.15) is 11.5 Å². The van der Waals surface area contributed by atoms with Gasteiger partial charge in [-0.2, -0.15) is 0 Å². The highest BCUT2D eigenvalue weighted by Gasteiger charge is 2.52. The van der Waals surface area contributed by atoms with Crippen molar-refractivity contribution < 1.29 is 9.53 Å². The molecule has 19 heavy (non-hydrogen) atoms. The molecule has 2 bridgehead atoms. The number of piperidine rings is 2. The highest BCUT2D eigenvalue weighted by molar-refractivity contribution is 5.91. The Morgan fingerprint density at radius 3 is 2.53 bits per heavy atom. The number of carbonyl (C=O) groups excluding carboxylic acids is 1. The summed E-state index contributed by atoms with van der Waals surface area (Å²) in [6.45, 7) is 5.37. The van der Waals surface area contributed by atoms with E-state index in [1.54, 1.807) is 7.11 Å². The van der Waals surface area contributed by atoms with Crippen molar-refractivity contribution in [3.8, 4) is 5.75 Å². The minimum Gasteiger partial charge on any atom is -0.497 e. The molecule has 3 aliphatic rings. The molecule has 0 spiro atoms. The summed E-state index contributed by atoms with van der Waals surface area (Å²) in [5.41, 5.74) is 1.29. The smallest absolute Gasteiger partial charge is 0.146 e. The molecule has 1 unspecified atom stereocenters. The fourth-order valence-electron chi connectivity index (χ4n) is 3.74. The van der Waals surface area contributed by atoms with Gasteiger partial charge in [0, 0.05) is 18.5 Å². The van der Waals surface area contributed by atoms with Gasteiger partial charge in [0.25, 0.3) is 0 Å². The monoisotopic (exact) mass is 259 g/mol. The number of nitrogens with one attached hydrogen (secondary N) is 1. The van der Waals surface area contributed by atoms with Crippen LogP contribution in [0.5, 0.6) is 5.75 Å². The van der Waals surface area contributed by atoms with Crippen molar-refractivity contribution in [2.75, 3.05) is 13.7 Å². The van der Waals surface area contributed by atoms with Crippen molar-refractivity contribution in [3.05, 3.63) is 29.8 Å². The molecule has 102 valence electrons. The maximum atomic E-state index is 12.6. The molecule has 4 rings (SSSR count). The highest BCUT2D eigenvalue weighted by atomic mass is 16.5. The topological polar surface area (TPSA) is 38.3 Å². The summed E-state index contributed by atoms with van der Waals surface area (Å²) in [6.07, 6.45) is 1.01. The molecule has 2 saturated heterocycles. The van der Waals surface area contributed by atoms with Gasteiger partial charge in [-0.15, -0.1) is 0 Å². The molecule has 1 saturated carbocycles. The molecule has 1 aromatic carbocycles. The minimum absolute atomic E-state index is 0.00611. The van der Waals surface area contributed by atoms with Gasteiger partial charge in [0.05, 0.1) is 13.0 Å². The molecule has 1 N–H and O–H groups in total. The normalized spacial score (nSPS) is 32.4. The lowest BCUT2D eigenvalue weighted by atomic mass is 9.59. The SMILES string of the molecule is COc1ccc(C2C(=O)[C@@H]3CN[C@H]2C(C)(C)C3)cc1. The zero-order valence-corrected chi connectivity index (χ0v) is 11.8. The van der Waals surface area contributed by atoms with Gasteiger partial charge in [-0.1, -0.05) is 26.0 Å². The fourth-order valence-corrected chi connectivity index (χ4v) is 3.74. The van der Waals surface area contributed by atoms with Crippen LogP contribution in [0, 0.1) is 11.3 Å². The van der Waals surface area contributed by atoms with E-state index in [9.17, 15) is 4.79 Å². The molecule has 2 heterocycles. The Balaban J connectivity index is 1.96. The first-order valence-corrected chi connectivity index (χ1v) is 6.94. The third kappa shape index (κ3) is 1.96. The average molecular weight is 259 g/mol. The van der Waals surface area contributed by atoms with Gasteiger partial charge in [-0.25, -0.2) is 0 Å². The number of rotatable bonds is 2. The molecule has 0 amide bonds. The summed E-state index contributed by atoms with van der Waals surface area (Å²) in [6, 6.07) is 8.19. The summed E-state index contributed by atoms with van der Waals surface area (Å²) < 4.78 is 5.19. The van der Waals surface area contributed by atoms with Crippen LogP contribution in [0.1, 0.15) is 31.7 Å². The van der Waals surface area contributed by atoms with E-state index < -0.39 is 0 Å². The number of hydrogen-bond acceptors (Lipinski definition) is 3. The van der Waals surface area contributed by atoms with E-state index in [-0.39, 0.29) is 23.3 Å².